The van der Waals surface area contributed by atoms with E-state index in [0.29, 0.717) is 42.2 Å². The number of nitrogens with zero attached hydrogens (tertiary/aromatic N) is 2. The lowest BCUT2D eigenvalue weighted by Gasteiger charge is -2.19. The highest BCUT2D eigenvalue weighted by atomic mass is 32.2. The average molecular weight is 479 g/mol. The molecule has 0 amide bonds. The van der Waals surface area contributed by atoms with Gasteiger partial charge >= 0.3 is 0 Å². The Labute approximate surface area is 196 Å². The molecular weight excluding hydrogens is 456 g/mol. The number of hydrogen-bond acceptors (Lipinski definition) is 8. The molecule has 174 valence electrons. The van der Waals surface area contributed by atoms with Crippen molar-refractivity contribution in [2.24, 2.45) is 0 Å². The summed E-state index contributed by atoms with van der Waals surface area (Å²) in [6.45, 7) is 2.73. The van der Waals surface area contributed by atoms with Crippen LogP contribution >= 0.6 is 0 Å². The van der Waals surface area contributed by atoms with Gasteiger partial charge in [-0.15, -0.1) is 10.2 Å². The lowest BCUT2D eigenvalue weighted by Crippen LogP contribution is -2.17. The van der Waals surface area contributed by atoms with Gasteiger partial charge in [0.2, 0.25) is 11.8 Å². The molecule has 0 fully saturated rings. The van der Waals surface area contributed by atoms with Crippen molar-refractivity contribution in [2.45, 2.75) is 17.9 Å². The number of ether oxygens (including phenoxy) is 2. The van der Waals surface area contributed by atoms with Crippen LogP contribution in [-0.2, 0) is 10.0 Å². The molecule has 9 nitrogen and oxygen atoms in total. The number of fused-ring (bicyclic) bond motifs is 1. The van der Waals surface area contributed by atoms with E-state index in [2.05, 4.69) is 20.2 Å². The maximum atomic E-state index is 12.8. The number of hydrogen-bond donors (Lipinski definition) is 2. The molecule has 1 aromatic heterocycles. The molecule has 3 aromatic carbocycles. The Hall–Kier alpha value is -4.05. The van der Waals surface area contributed by atoms with Crippen LogP contribution in [0.5, 0.6) is 11.5 Å². The fourth-order valence-corrected chi connectivity index (χ4v) is 4.53. The minimum absolute atomic E-state index is 0.0955. The fraction of sp³-hybridized carbons (Fsp3) is 0.167. The van der Waals surface area contributed by atoms with Crippen molar-refractivity contribution in [3.8, 4) is 23.0 Å². The third kappa shape index (κ3) is 4.67. The van der Waals surface area contributed by atoms with E-state index in [9.17, 15) is 8.42 Å². The largest absolute Gasteiger partial charge is 0.486 e. The normalized spacial score (nSPS) is 13.8. The number of sulfonamides is 1. The molecule has 4 aromatic rings. The van der Waals surface area contributed by atoms with Crippen molar-refractivity contribution in [3.05, 3.63) is 78.7 Å². The van der Waals surface area contributed by atoms with Gasteiger partial charge in [-0.25, -0.2) is 8.42 Å². The Bertz CT molecular complexity index is 1390. The van der Waals surface area contributed by atoms with E-state index in [-0.39, 0.29) is 10.9 Å². The summed E-state index contributed by atoms with van der Waals surface area (Å²) in [7, 11) is -3.79. The molecule has 0 radical (unpaired) electrons. The molecule has 0 spiro atoms. The minimum atomic E-state index is -3.79. The first-order valence-corrected chi connectivity index (χ1v) is 12.1. The number of anilines is 2. The van der Waals surface area contributed by atoms with E-state index >= 15 is 0 Å². The van der Waals surface area contributed by atoms with E-state index in [1.54, 1.807) is 30.3 Å². The summed E-state index contributed by atoms with van der Waals surface area (Å²) in [5, 5.41) is 11.5. The van der Waals surface area contributed by atoms with Gasteiger partial charge in [0.05, 0.1) is 4.90 Å². The van der Waals surface area contributed by atoms with Gasteiger partial charge in [0.25, 0.3) is 10.0 Å². The zero-order valence-electron chi connectivity index (χ0n) is 18.3. The maximum Gasteiger partial charge on any atom is 0.262 e. The predicted molar refractivity (Wildman–Crippen MR) is 126 cm³/mol. The summed E-state index contributed by atoms with van der Waals surface area (Å²) in [5.41, 5.74) is 2.05. The molecule has 0 saturated heterocycles. The molecule has 1 aliphatic rings. The quantitative estimate of drug-likeness (QED) is 0.399. The van der Waals surface area contributed by atoms with Crippen LogP contribution in [0.1, 0.15) is 18.9 Å². The van der Waals surface area contributed by atoms with E-state index in [4.69, 9.17) is 13.9 Å². The molecule has 0 saturated carbocycles. The standard InChI is InChI=1S/C24H22N4O5S/c1-16(23-26-27-24(33-23)17-5-3-2-4-6-17)25-18-7-9-19(10-8-18)28-34(29,30)20-11-12-21-22(15-20)32-14-13-31-21/h2-12,15-16,25,28H,13-14H2,1H3/t16-/m0/s1. The van der Waals surface area contributed by atoms with Gasteiger partial charge in [0.1, 0.15) is 19.3 Å². The van der Waals surface area contributed by atoms with Crippen molar-refractivity contribution < 1.29 is 22.3 Å². The van der Waals surface area contributed by atoms with Crippen LogP contribution in [-0.4, -0.2) is 31.8 Å². The van der Waals surface area contributed by atoms with Crippen molar-refractivity contribution >= 4 is 21.4 Å². The van der Waals surface area contributed by atoms with Gasteiger partial charge < -0.3 is 19.2 Å². The Morgan fingerprint density at radius 3 is 2.32 bits per heavy atom. The lowest BCUT2D eigenvalue weighted by atomic mass is 10.2. The summed E-state index contributed by atoms with van der Waals surface area (Å²) >= 11 is 0. The lowest BCUT2D eigenvalue weighted by molar-refractivity contribution is 0.171. The number of benzene rings is 3. The number of aromatic nitrogens is 2. The molecule has 1 aliphatic heterocycles. The Morgan fingerprint density at radius 2 is 1.56 bits per heavy atom. The zero-order chi connectivity index (χ0) is 23.5. The second-order valence-electron chi connectivity index (χ2n) is 7.67. The van der Waals surface area contributed by atoms with Crippen LogP contribution in [0.3, 0.4) is 0 Å². The van der Waals surface area contributed by atoms with Crippen molar-refractivity contribution in [3.63, 3.8) is 0 Å². The van der Waals surface area contributed by atoms with Crippen molar-refractivity contribution in [1.82, 2.24) is 10.2 Å². The van der Waals surface area contributed by atoms with Gasteiger partial charge in [-0.05, 0) is 55.5 Å². The second kappa shape index (κ2) is 9.06. The zero-order valence-corrected chi connectivity index (χ0v) is 19.1. The summed E-state index contributed by atoms with van der Waals surface area (Å²) in [6, 6.07) is 20.7. The highest BCUT2D eigenvalue weighted by Crippen LogP contribution is 2.33. The number of nitrogens with one attached hydrogen (secondary N) is 2. The average Bonchev–Trinajstić information content (AvgIpc) is 3.36. The topological polar surface area (TPSA) is 116 Å². The van der Waals surface area contributed by atoms with Gasteiger partial charge in [-0.1, -0.05) is 18.2 Å². The Balaban J connectivity index is 1.24. The Kier molecular flexibility index (Phi) is 5.81. The van der Waals surface area contributed by atoms with Gasteiger partial charge in [-0.3, -0.25) is 4.72 Å². The van der Waals surface area contributed by atoms with Crippen LogP contribution in [0.4, 0.5) is 11.4 Å². The van der Waals surface area contributed by atoms with Crippen LogP contribution in [0.15, 0.2) is 82.1 Å². The van der Waals surface area contributed by atoms with E-state index in [1.165, 1.54) is 12.1 Å². The first-order valence-electron chi connectivity index (χ1n) is 10.7. The molecule has 0 aliphatic carbocycles. The molecule has 5 rings (SSSR count). The first kappa shape index (κ1) is 21.8. The fourth-order valence-electron chi connectivity index (χ4n) is 3.46. The summed E-state index contributed by atoms with van der Waals surface area (Å²) in [6.07, 6.45) is 0. The van der Waals surface area contributed by atoms with Crippen LogP contribution < -0.4 is 19.5 Å². The molecule has 2 N–H and O–H groups in total. The summed E-state index contributed by atoms with van der Waals surface area (Å²) in [5.74, 6) is 1.85. The summed E-state index contributed by atoms with van der Waals surface area (Å²) < 4.78 is 44.9. The van der Waals surface area contributed by atoms with Crippen molar-refractivity contribution in [1.29, 1.82) is 0 Å². The van der Waals surface area contributed by atoms with E-state index < -0.39 is 10.0 Å². The molecule has 0 bridgehead atoms. The second-order valence-corrected chi connectivity index (χ2v) is 9.35. The molecule has 34 heavy (non-hydrogen) atoms. The third-order valence-electron chi connectivity index (χ3n) is 5.18. The smallest absolute Gasteiger partial charge is 0.262 e. The van der Waals surface area contributed by atoms with Crippen LogP contribution in [0.2, 0.25) is 0 Å². The molecule has 10 heteroatoms. The molecule has 0 unspecified atom stereocenters. The monoisotopic (exact) mass is 478 g/mol. The van der Waals surface area contributed by atoms with Crippen LogP contribution in [0, 0.1) is 0 Å². The minimum Gasteiger partial charge on any atom is -0.486 e. The SMILES string of the molecule is C[C@H](Nc1ccc(NS(=O)(=O)c2ccc3c(c2)OCCO3)cc1)c1nnc(-c2ccccc2)o1. The summed E-state index contributed by atoms with van der Waals surface area (Å²) in [4.78, 5) is 0.0955. The van der Waals surface area contributed by atoms with E-state index in [1.807, 2.05) is 37.3 Å². The van der Waals surface area contributed by atoms with Gasteiger partial charge in [0, 0.05) is 23.0 Å². The first-order chi connectivity index (χ1) is 16.5. The predicted octanol–water partition coefficient (Wildman–Crippen LogP) is 4.48. The third-order valence-corrected chi connectivity index (χ3v) is 6.55. The van der Waals surface area contributed by atoms with Crippen molar-refractivity contribution in [2.75, 3.05) is 23.3 Å². The van der Waals surface area contributed by atoms with Gasteiger partial charge in [-0.2, -0.15) is 0 Å². The molecule has 1 atom stereocenters. The van der Waals surface area contributed by atoms with E-state index in [0.717, 1.165) is 11.3 Å². The highest BCUT2D eigenvalue weighted by molar-refractivity contribution is 7.92. The molecule has 2 heterocycles. The number of rotatable bonds is 7. The highest BCUT2D eigenvalue weighted by Gasteiger charge is 2.20. The van der Waals surface area contributed by atoms with Crippen LogP contribution in [0.25, 0.3) is 11.5 Å². The Morgan fingerprint density at radius 1 is 0.853 bits per heavy atom. The maximum absolute atomic E-state index is 12.8. The molecular formula is C24H22N4O5S. The van der Waals surface area contributed by atoms with Gasteiger partial charge in [0.15, 0.2) is 11.5 Å².